The maximum atomic E-state index is 12.8. The Morgan fingerprint density at radius 3 is 2.66 bits per heavy atom. The molecule has 2 amide bonds. The summed E-state index contributed by atoms with van der Waals surface area (Å²) in [4.78, 5) is 23.5. The van der Waals surface area contributed by atoms with Gasteiger partial charge < -0.3 is 5.32 Å². The van der Waals surface area contributed by atoms with E-state index in [1.807, 2.05) is 19.1 Å². The largest absolute Gasteiger partial charge is 0.342 e. The van der Waals surface area contributed by atoms with Gasteiger partial charge in [-0.3, -0.25) is 10.1 Å². The van der Waals surface area contributed by atoms with Gasteiger partial charge in [0.15, 0.2) is 0 Å². The van der Waals surface area contributed by atoms with Gasteiger partial charge in [0.05, 0.1) is 10.6 Å². The monoisotopic (exact) mass is 410 g/mol. The number of nitro groups is 1. The van der Waals surface area contributed by atoms with Crippen LogP contribution in [0.3, 0.4) is 0 Å². The van der Waals surface area contributed by atoms with Gasteiger partial charge in [0, 0.05) is 39.5 Å². The molecule has 0 unspecified atom stereocenters. The molecule has 0 bridgehead atoms. The first-order chi connectivity index (χ1) is 13.8. The third kappa shape index (κ3) is 3.86. The zero-order valence-electron chi connectivity index (χ0n) is 16.0. The second-order valence-electron chi connectivity index (χ2n) is 7.26. The fourth-order valence-electron chi connectivity index (χ4n) is 3.27. The van der Waals surface area contributed by atoms with Crippen LogP contribution in [-0.4, -0.2) is 27.7 Å². The predicted molar refractivity (Wildman–Crippen MR) is 112 cm³/mol. The smallest absolute Gasteiger partial charge is 0.333 e. The van der Waals surface area contributed by atoms with Gasteiger partial charge in [0.2, 0.25) is 0 Å². The summed E-state index contributed by atoms with van der Waals surface area (Å²) in [6.07, 6.45) is 3.82. The molecule has 1 heterocycles. The van der Waals surface area contributed by atoms with Crippen LogP contribution >= 0.6 is 11.6 Å². The summed E-state index contributed by atoms with van der Waals surface area (Å²) < 4.78 is 0. The molecule has 4 rings (SSSR count). The average Bonchev–Trinajstić information content (AvgIpc) is 3.48. The molecule has 0 saturated heterocycles. The number of amides is 2. The van der Waals surface area contributed by atoms with E-state index in [-0.39, 0.29) is 17.8 Å². The molecule has 7 nitrogen and oxygen atoms in total. The molecule has 0 spiro atoms. The summed E-state index contributed by atoms with van der Waals surface area (Å²) in [7, 11) is 0. The third-order valence-corrected chi connectivity index (χ3v) is 5.17. The van der Waals surface area contributed by atoms with Crippen molar-refractivity contribution >= 4 is 35.1 Å². The van der Waals surface area contributed by atoms with Crippen LogP contribution in [0.1, 0.15) is 42.0 Å². The first kappa shape index (κ1) is 19.1. The van der Waals surface area contributed by atoms with Crippen molar-refractivity contribution in [1.29, 1.82) is 0 Å². The van der Waals surface area contributed by atoms with Crippen LogP contribution in [-0.2, 0) is 0 Å². The minimum absolute atomic E-state index is 0.0342. The number of nitrogens with one attached hydrogen (secondary N) is 1. The number of urea groups is 1. The topological polar surface area (TPSA) is 87.8 Å². The lowest BCUT2D eigenvalue weighted by Gasteiger charge is -2.18. The van der Waals surface area contributed by atoms with Crippen molar-refractivity contribution in [1.82, 2.24) is 10.3 Å². The van der Waals surface area contributed by atoms with E-state index in [1.165, 1.54) is 11.1 Å². The van der Waals surface area contributed by atoms with Crippen molar-refractivity contribution < 1.29 is 9.72 Å². The average molecular weight is 411 g/mol. The summed E-state index contributed by atoms with van der Waals surface area (Å²) in [5, 5.41) is 20.7. The SMILES string of the molecule is CC1=Cc2ccc(Cl)cc2C(c2ccc([N+](=O)[O-])c(C)c2)=NN1C(=O)NC1CC1. The Morgan fingerprint density at radius 1 is 1.24 bits per heavy atom. The van der Waals surface area contributed by atoms with Crippen molar-refractivity contribution in [3.8, 4) is 0 Å². The Hall–Kier alpha value is -3.19. The Balaban J connectivity index is 1.86. The molecule has 1 fully saturated rings. The van der Waals surface area contributed by atoms with Gasteiger partial charge in [0.25, 0.3) is 5.69 Å². The number of halogens is 1. The van der Waals surface area contributed by atoms with Crippen LogP contribution in [0.4, 0.5) is 10.5 Å². The van der Waals surface area contributed by atoms with Gasteiger partial charge in [-0.25, -0.2) is 4.79 Å². The van der Waals surface area contributed by atoms with Gasteiger partial charge in [0.1, 0.15) is 0 Å². The number of fused-ring (bicyclic) bond motifs is 1. The molecule has 1 N–H and O–H groups in total. The van der Waals surface area contributed by atoms with Gasteiger partial charge in [-0.05, 0) is 62.6 Å². The Bertz CT molecular complexity index is 1090. The highest BCUT2D eigenvalue weighted by Crippen LogP contribution is 2.29. The molecule has 0 aromatic heterocycles. The highest BCUT2D eigenvalue weighted by Gasteiger charge is 2.29. The van der Waals surface area contributed by atoms with Gasteiger partial charge >= 0.3 is 6.03 Å². The summed E-state index contributed by atoms with van der Waals surface area (Å²) in [5.41, 5.74) is 4.03. The molecule has 2 aromatic carbocycles. The summed E-state index contributed by atoms with van der Waals surface area (Å²) in [6, 6.07) is 10.1. The summed E-state index contributed by atoms with van der Waals surface area (Å²) in [6.45, 7) is 3.50. The van der Waals surface area contributed by atoms with Crippen LogP contribution < -0.4 is 5.32 Å². The molecule has 29 heavy (non-hydrogen) atoms. The molecule has 1 aliphatic carbocycles. The van der Waals surface area contributed by atoms with Crippen molar-refractivity contribution in [2.45, 2.75) is 32.7 Å². The molecule has 8 heteroatoms. The minimum atomic E-state index is -0.417. The fourth-order valence-corrected chi connectivity index (χ4v) is 3.44. The number of nitrogens with zero attached hydrogens (tertiary/aromatic N) is 3. The number of allylic oxidation sites excluding steroid dienone is 1. The number of rotatable bonds is 3. The van der Waals surface area contributed by atoms with Crippen LogP contribution in [0.15, 0.2) is 47.2 Å². The Labute approximate surface area is 172 Å². The predicted octanol–water partition coefficient (Wildman–Crippen LogP) is 4.86. The maximum Gasteiger partial charge on any atom is 0.342 e. The van der Waals surface area contributed by atoms with Crippen molar-refractivity contribution in [3.05, 3.63) is 79.5 Å². The van der Waals surface area contributed by atoms with Gasteiger partial charge in [-0.1, -0.05) is 17.7 Å². The van der Waals surface area contributed by atoms with Crippen molar-refractivity contribution in [2.75, 3.05) is 0 Å². The summed E-state index contributed by atoms with van der Waals surface area (Å²) >= 11 is 6.24. The first-order valence-corrected chi connectivity index (χ1v) is 9.64. The van der Waals surface area contributed by atoms with Gasteiger partial charge in [-0.15, -0.1) is 0 Å². The first-order valence-electron chi connectivity index (χ1n) is 9.26. The highest BCUT2D eigenvalue weighted by molar-refractivity contribution is 6.31. The molecular weight excluding hydrogens is 392 g/mol. The Morgan fingerprint density at radius 2 is 2.00 bits per heavy atom. The quantitative estimate of drug-likeness (QED) is 0.579. The van der Waals surface area contributed by atoms with Crippen LogP contribution in [0.2, 0.25) is 5.02 Å². The molecule has 148 valence electrons. The van der Waals surface area contributed by atoms with E-state index in [2.05, 4.69) is 10.4 Å². The number of hydrogen-bond acceptors (Lipinski definition) is 4. The number of hydrogen-bond donors (Lipinski definition) is 1. The number of aryl methyl sites for hydroxylation is 1. The minimum Gasteiger partial charge on any atom is -0.333 e. The van der Waals surface area contributed by atoms with E-state index < -0.39 is 4.92 Å². The van der Waals surface area contributed by atoms with Crippen LogP contribution in [0.25, 0.3) is 6.08 Å². The van der Waals surface area contributed by atoms with E-state index >= 15 is 0 Å². The molecular formula is C21H19ClN4O3. The highest BCUT2D eigenvalue weighted by atomic mass is 35.5. The number of nitro benzene ring substituents is 1. The molecule has 1 saturated carbocycles. The van der Waals surface area contributed by atoms with Crippen molar-refractivity contribution in [2.24, 2.45) is 5.10 Å². The normalized spacial score (nSPS) is 15.8. The second kappa shape index (κ2) is 7.33. The third-order valence-electron chi connectivity index (χ3n) is 4.93. The zero-order valence-corrected chi connectivity index (χ0v) is 16.7. The maximum absolute atomic E-state index is 12.8. The molecule has 0 atom stereocenters. The number of hydrazone groups is 1. The van der Waals surface area contributed by atoms with E-state index in [4.69, 9.17) is 11.6 Å². The van der Waals surface area contributed by atoms with E-state index in [1.54, 1.807) is 31.2 Å². The standard InChI is InChI=1S/C21H19ClN4O3/c1-12-9-15(4-8-19(12)26(28)29)20-18-11-16(22)5-3-14(18)10-13(2)25(24-20)21(27)23-17-6-7-17/h3-5,8-11,17H,6-7H2,1-2H3,(H,23,27). The molecule has 2 aromatic rings. The van der Waals surface area contributed by atoms with Crippen LogP contribution in [0.5, 0.6) is 0 Å². The van der Waals surface area contributed by atoms with E-state index in [0.29, 0.717) is 27.6 Å². The zero-order chi connectivity index (χ0) is 20.7. The Kier molecular flexibility index (Phi) is 4.84. The lowest BCUT2D eigenvalue weighted by Crippen LogP contribution is -2.37. The van der Waals surface area contributed by atoms with Crippen LogP contribution in [0, 0.1) is 17.0 Å². The fraction of sp³-hybridized carbons (Fsp3) is 0.238. The molecule has 1 aliphatic heterocycles. The van der Waals surface area contributed by atoms with E-state index in [0.717, 1.165) is 24.0 Å². The second-order valence-corrected chi connectivity index (χ2v) is 7.70. The van der Waals surface area contributed by atoms with Gasteiger partial charge in [-0.2, -0.15) is 10.1 Å². The number of carbonyl (C=O) groups is 1. The lowest BCUT2D eigenvalue weighted by molar-refractivity contribution is -0.385. The lowest BCUT2D eigenvalue weighted by atomic mass is 9.96. The van der Waals surface area contributed by atoms with Crippen molar-refractivity contribution in [3.63, 3.8) is 0 Å². The number of benzene rings is 2. The summed E-state index contributed by atoms with van der Waals surface area (Å²) in [5.74, 6) is 0. The van der Waals surface area contributed by atoms with E-state index in [9.17, 15) is 14.9 Å². The molecule has 2 aliphatic rings. The number of carbonyl (C=O) groups excluding carboxylic acids is 1. The molecule has 0 radical (unpaired) electrons.